The SMILES string of the molecule is CCCn1cc(Cl)c(COC)n1. The van der Waals surface area contributed by atoms with Crippen molar-refractivity contribution in [3.8, 4) is 0 Å². The average molecular weight is 189 g/mol. The molecule has 0 saturated heterocycles. The molecule has 0 aliphatic heterocycles. The summed E-state index contributed by atoms with van der Waals surface area (Å²) in [7, 11) is 1.63. The largest absolute Gasteiger partial charge is 0.378 e. The first-order valence-electron chi connectivity index (χ1n) is 3.98. The van der Waals surface area contributed by atoms with Crippen LogP contribution in [0.5, 0.6) is 0 Å². The van der Waals surface area contributed by atoms with Crippen LogP contribution in [-0.4, -0.2) is 16.9 Å². The molecule has 1 heterocycles. The molecular formula is C8H13ClN2O. The van der Waals surface area contributed by atoms with Crippen LogP contribution in [0.4, 0.5) is 0 Å². The van der Waals surface area contributed by atoms with Crippen molar-refractivity contribution in [3.05, 3.63) is 16.9 Å². The van der Waals surface area contributed by atoms with Crippen LogP contribution in [0.15, 0.2) is 6.20 Å². The van der Waals surface area contributed by atoms with Gasteiger partial charge in [0.05, 0.1) is 11.6 Å². The fourth-order valence-electron chi connectivity index (χ4n) is 1.02. The predicted molar refractivity (Wildman–Crippen MR) is 48.2 cm³/mol. The molecule has 0 atom stereocenters. The molecule has 0 bridgehead atoms. The molecule has 1 aromatic heterocycles. The van der Waals surface area contributed by atoms with E-state index in [1.54, 1.807) is 7.11 Å². The highest BCUT2D eigenvalue weighted by atomic mass is 35.5. The Morgan fingerprint density at radius 3 is 3.00 bits per heavy atom. The van der Waals surface area contributed by atoms with Gasteiger partial charge in [-0.3, -0.25) is 4.68 Å². The molecule has 0 unspecified atom stereocenters. The summed E-state index contributed by atoms with van der Waals surface area (Å²) in [4.78, 5) is 0. The molecular weight excluding hydrogens is 176 g/mol. The molecule has 4 heteroatoms. The van der Waals surface area contributed by atoms with E-state index in [0.717, 1.165) is 18.7 Å². The molecule has 0 radical (unpaired) electrons. The van der Waals surface area contributed by atoms with Gasteiger partial charge in [-0.15, -0.1) is 0 Å². The fourth-order valence-corrected chi connectivity index (χ4v) is 1.22. The molecule has 0 fully saturated rings. The van der Waals surface area contributed by atoms with Crippen molar-refractivity contribution >= 4 is 11.6 Å². The highest BCUT2D eigenvalue weighted by Crippen LogP contribution is 2.14. The smallest absolute Gasteiger partial charge is 0.107 e. The van der Waals surface area contributed by atoms with Crippen LogP contribution in [0, 0.1) is 0 Å². The van der Waals surface area contributed by atoms with Crippen molar-refractivity contribution in [2.45, 2.75) is 26.5 Å². The van der Waals surface area contributed by atoms with E-state index >= 15 is 0 Å². The number of aromatic nitrogens is 2. The maximum atomic E-state index is 5.90. The van der Waals surface area contributed by atoms with Crippen molar-refractivity contribution in [2.75, 3.05) is 7.11 Å². The number of halogens is 1. The summed E-state index contributed by atoms with van der Waals surface area (Å²) in [5.41, 5.74) is 0.813. The summed E-state index contributed by atoms with van der Waals surface area (Å²) in [6.07, 6.45) is 2.89. The van der Waals surface area contributed by atoms with Gasteiger partial charge in [-0.05, 0) is 6.42 Å². The zero-order valence-electron chi connectivity index (χ0n) is 7.38. The second kappa shape index (κ2) is 4.48. The van der Waals surface area contributed by atoms with Crippen molar-refractivity contribution in [1.82, 2.24) is 9.78 Å². The van der Waals surface area contributed by atoms with Gasteiger partial charge in [-0.2, -0.15) is 5.10 Å². The van der Waals surface area contributed by atoms with E-state index < -0.39 is 0 Å². The maximum absolute atomic E-state index is 5.90. The minimum absolute atomic E-state index is 0.482. The highest BCUT2D eigenvalue weighted by Gasteiger charge is 2.04. The van der Waals surface area contributed by atoms with Crippen molar-refractivity contribution in [2.24, 2.45) is 0 Å². The monoisotopic (exact) mass is 188 g/mol. The van der Waals surface area contributed by atoms with Gasteiger partial charge in [0.1, 0.15) is 5.69 Å². The Bertz CT molecular complexity index is 247. The predicted octanol–water partition coefficient (Wildman–Crippen LogP) is 2.09. The summed E-state index contributed by atoms with van der Waals surface area (Å²) in [5.74, 6) is 0. The van der Waals surface area contributed by atoms with Crippen LogP contribution in [0.1, 0.15) is 19.0 Å². The number of methoxy groups -OCH3 is 1. The van der Waals surface area contributed by atoms with E-state index in [-0.39, 0.29) is 0 Å². The van der Waals surface area contributed by atoms with E-state index in [0.29, 0.717) is 11.6 Å². The van der Waals surface area contributed by atoms with Gasteiger partial charge in [0.2, 0.25) is 0 Å². The van der Waals surface area contributed by atoms with Crippen LogP contribution in [0.2, 0.25) is 5.02 Å². The Morgan fingerprint density at radius 1 is 1.67 bits per heavy atom. The minimum atomic E-state index is 0.482. The Morgan fingerprint density at radius 2 is 2.42 bits per heavy atom. The first-order chi connectivity index (χ1) is 5.77. The summed E-state index contributed by atoms with van der Waals surface area (Å²) in [6.45, 7) is 3.49. The number of hydrogen-bond acceptors (Lipinski definition) is 2. The third-order valence-corrected chi connectivity index (χ3v) is 1.84. The molecule has 0 spiro atoms. The first-order valence-corrected chi connectivity index (χ1v) is 4.36. The van der Waals surface area contributed by atoms with Crippen molar-refractivity contribution < 1.29 is 4.74 Å². The molecule has 0 aliphatic rings. The zero-order chi connectivity index (χ0) is 8.97. The number of nitrogens with zero attached hydrogens (tertiary/aromatic N) is 2. The lowest BCUT2D eigenvalue weighted by Crippen LogP contribution is -1.98. The molecule has 0 N–H and O–H groups in total. The third-order valence-electron chi connectivity index (χ3n) is 1.52. The van der Waals surface area contributed by atoms with E-state index in [9.17, 15) is 0 Å². The number of aryl methyl sites for hydroxylation is 1. The standard InChI is InChI=1S/C8H13ClN2O/c1-3-4-11-5-7(9)8(10-11)6-12-2/h5H,3-4,6H2,1-2H3. The molecule has 0 aromatic carbocycles. The normalized spacial score (nSPS) is 10.6. The minimum Gasteiger partial charge on any atom is -0.378 e. The fraction of sp³-hybridized carbons (Fsp3) is 0.625. The number of hydrogen-bond donors (Lipinski definition) is 0. The summed E-state index contributed by atoms with van der Waals surface area (Å²) in [6, 6.07) is 0. The molecule has 0 aliphatic carbocycles. The Balaban J connectivity index is 2.70. The molecule has 12 heavy (non-hydrogen) atoms. The zero-order valence-corrected chi connectivity index (χ0v) is 8.14. The number of ether oxygens (including phenoxy) is 1. The molecule has 1 aromatic rings. The topological polar surface area (TPSA) is 27.1 Å². The average Bonchev–Trinajstić information content (AvgIpc) is 2.34. The Kier molecular flexibility index (Phi) is 3.56. The second-order valence-corrected chi connectivity index (χ2v) is 3.03. The lowest BCUT2D eigenvalue weighted by atomic mass is 10.5. The third kappa shape index (κ3) is 2.22. The van der Waals surface area contributed by atoms with Gasteiger partial charge in [-0.25, -0.2) is 0 Å². The van der Waals surface area contributed by atoms with E-state index in [2.05, 4.69) is 12.0 Å². The lowest BCUT2D eigenvalue weighted by Gasteiger charge is -1.95. The van der Waals surface area contributed by atoms with Gasteiger partial charge >= 0.3 is 0 Å². The van der Waals surface area contributed by atoms with Gasteiger partial charge in [0.25, 0.3) is 0 Å². The van der Waals surface area contributed by atoms with Crippen LogP contribution >= 0.6 is 11.6 Å². The summed E-state index contributed by atoms with van der Waals surface area (Å²) >= 11 is 5.90. The first kappa shape index (κ1) is 9.55. The van der Waals surface area contributed by atoms with E-state index in [1.165, 1.54) is 0 Å². The molecule has 68 valence electrons. The lowest BCUT2D eigenvalue weighted by molar-refractivity contribution is 0.180. The molecule has 0 amide bonds. The van der Waals surface area contributed by atoms with E-state index in [1.807, 2.05) is 10.9 Å². The van der Waals surface area contributed by atoms with E-state index in [4.69, 9.17) is 16.3 Å². The van der Waals surface area contributed by atoms with Gasteiger partial charge in [0, 0.05) is 19.9 Å². The highest BCUT2D eigenvalue weighted by molar-refractivity contribution is 6.31. The summed E-state index contributed by atoms with van der Waals surface area (Å²) in [5, 5.41) is 4.93. The molecule has 3 nitrogen and oxygen atoms in total. The van der Waals surface area contributed by atoms with Gasteiger partial charge in [-0.1, -0.05) is 18.5 Å². The van der Waals surface area contributed by atoms with Crippen LogP contribution in [0.3, 0.4) is 0 Å². The van der Waals surface area contributed by atoms with Gasteiger partial charge < -0.3 is 4.74 Å². The quantitative estimate of drug-likeness (QED) is 0.724. The number of rotatable bonds is 4. The van der Waals surface area contributed by atoms with Crippen LogP contribution < -0.4 is 0 Å². The Hall–Kier alpha value is -0.540. The molecule has 1 rings (SSSR count). The van der Waals surface area contributed by atoms with Crippen molar-refractivity contribution in [3.63, 3.8) is 0 Å². The Labute approximate surface area is 77.3 Å². The maximum Gasteiger partial charge on any atom is 0.107 e. The second-order valence-electron chi connectivity index (χ2n) is 2.62. The summed E-state index contributed by atoms with van der Waals surface area (Å²) < 4.78 is 6.78. The van der Waals surface area contributed by atoms with Crippen molar-refractivity contribution in [1.29, 1.82) is 0 Å². The van der Waals surface area contributed by atoms with Crippen LogP contribution in [0.25, 0.3) is 0 Å². The van der Waals surface area contributed by atoms with Gasteiger partial charge in [0.15, 0.2) is 0 Å². The molecule has 0 saturated carbocycles. The van der Waals surface area contributed by atoms with Crippen LogP contribution in [-0.2, 0) is 17.9 Å².